The summed E-state index contributed by atoms with van der Waals surface area (Å²) in [4.78, 5) is 32.2. The van der Waals surface area contributed by atoms with E-state index in [1.165, 1.54) is 29.2 Å². The van der Waals surface area contributed by atoms with Gasteiger partial charge in [-0.05, 0) is 23.8 Å². The van der Waals surface area contributed by atoms with Crippen LogP contribution in [0.5, 0.6) is 0 Å². The van der Waals surface area contributed by atoms with Gasteiger partial charge in [0.25, 0.3) is 0 Å². The maximum Gasteiger partial charge on any atom is 0.416 e. The van der Waals surface area contributed by atoms with Crippen molar-refractivity contribution >= 4 is 45.7 Å². The van der Waals surface area contributed by atoms with Crippen molar-refractivity contribution in [3.63, 3.8) is 0 Å². The second kappa shape index (κ2) is 9.33. The van der Waals surface area contributed by atoms with Crippen molar-refractivity contribution in [1.29, 1.82) is 0 Å². The van der Waals surface area contributed by atoms with Crippen LogP contribution in [0.1, 0.15) is 22.4 Å². The Labute approximate surface area is 190 Å². The summed E-state index contributed by atoms with van der Waals surface area (Å²) in [6, 6.07) is 12.7. The normalized spacial score (nSPS) is 13.7. The number of amides is 2. The molecule has 0 unspecified atom stereocenters. The van der Waals surface area contributed by atoms with Crippen LogP contribution in [0.3, 0.4) is 0 Å². The Balaban J connectivity index is 1.34. The standard InChI is InChI=1S/C22H18F3N3O2S2/c23-22(24,25)15-5-3-4-14(10-15)11-16-12-26-21(32-16)27-19(29)8-9-28-17-6-1-2-7-18(17)31-13-20(28)30/h1-7,10,12H,8-9,11,13H2,(H,26,27,29). The quantitative estimate of drug-likeness (QED) is 0.529. The van der Waals surface area contributed by atoms with Gasteiger partial charge in [-0.2, -0.15) is 13.2 Å². The van der Waals surface area contributed by atoms with Gasteiger partial charge in [0.2, 0.25) is 11.8 Å². The monoisotopic (exact) mass is 477 g/mol. The topological polar surface area (TPSA) is 62.3 Å². The zero-order valence-electron chi connectivity index (χ0n) is 16.7. The van der Waals surface area contributed by atoms with Crippen LogP contribution in [0.2, 0.25) is 0 Å². The van der Waals surface area contributed by atoms with Crippen molar-refractivity contribution in [3.05, 3.63) is 70.7 Å². The molecule has 2 heterocycles. The summed E-state index contributed by atoms with van der Waals surface area (Å²) in [5.74, 6) is 0.0110. The summed E-state index contributed by atoms with van der Waals surface area (Å²) in [5, 5.41) is 3.08. The van der Waals surface area contributed by atoms with Gasteiger partial charge in [0.1, 0.15) is 0 Å². The molecule has 1 aromatic heterocycles. The van der Waals surface area contributed by atoms with Gasteiger partial charge in [-0.25, -0.2) is 4.98 Å². The van der Waals surface area contributed by atoms with Gasteiger partial charge in [-0.15, -0.1) is 23.1 Å². The largest absolute Gasteiger partial charge is 0.416 e. The van der Waals surface area contributed by atoms with E-state index in [0.717, 1.165) is 27.6 Å². The Hall–Kier alpha value is -2.85. The molecule has 4 rings (SSSR count). The van der Waals surface area contributed by atoms with Gasteiger partial charge < -0.3 is 10.2 Å². The average molecular weight is 478 g/mol. The number of para-hydroxylation sites is 1. The number of rotatable bonds is 6. The maximum absolute atomic E-state index is 12.9. The molecule has 0 saturated heterocycles. The van der Waals surface area contributed by atoms with Crippen LogP contribution >= 0.6 is 23.1 Å². The lowest BCUT2D eigenvalue weighted by atomic mass is 10.1. The number of fused-ring (bicyclic) bond motifs is 1. The predicted octanol–water partition coefficient (Wildman–Crippen LogP) is 5.22. The third-order valence-corrected chi connectivity index (χ3v) is 6.76. The third kappa shape index (κ3) is 5.31. The number of carbonyl (C=O) groups excluding carboxylic acids is 2. The van der Waals surface area contributed by atoms with Crippen LogP contribution in [0.4, 0.5) is 24.0 Å². The Morgan fingerprint density at radius 1 is 1.16 bits per heavy atom. The molecule has 5 nitrogen and oxygen atoms in total. The molecule has 0 fully saturated rings. The molecule has 32 heavy (non-hydrogen) atoms. The highest BCUT2D eigenvalue weighted by molar-refractivity contribution is 8.00. The molecule has 1 N–H and O–H groups in total. The molecule has 10 heteroatoms. The van der Waals surface area contributed by atoms with Gasteiger partial charge in [0.05, 0.1) is 17.0 Å². The summed E-state index contributed by atoms with van der Waals surface area (Å²) in [5.41, 5.74) is 0.626. The number of thioether (sulfide) groups is 1. The Kier molecular flexibility index (Phi) is 6.52. The molecule has 0 aliphatic carbocycles. The van der Waals surface area contributed by atoms with Crippen molar-refractivity contribution in [3.8, 4) is 0 Å². The number of alkyl halides is 3. The van der Waals surface area contributed by atoms with E-state index in [9.17, 15) is 22.8 Å². The molecule has 0 spiro atoms. The minimum Gasteiger partial charge on any atom is -0.310 e. The summed E-state index contributed by atoms with van der Waals surface area (Å²) >= 11 is 2.69. The number of anilines is 2. The molecule has 0 bridgehead atoms. The highest BCUT2D eigenvalue weighted by atomic mass is 32.2. The van der Waals surface area contributed by atoms with E-state index in [1.807, 2.05) is 24.3 Å². The Morgan fingerprint density at radius 3 is 2.78 bits per heavy atom. The first-order valence-electron chi connectivity index (χ1n) is 9.72. The van der Waals surface area contributed by atoms with Crippen molar-refractivity contribution in [2.45, 2.75) is 23.9 Å². The molecule has 0 radical (unpaired) electrons. The van der Waals surface area contributed by atoms with Crippen LogP contribution in [-0.4, -0.2) is 29.1 Å². The number of hydrogen-bond acceptors (Lipinski definition) is 5. The number of thiazole rings is 1. The molecular formula is C22H18F3N3O2S2. The maximum atomic E-state index is 12.9. The first-order valence-corrected chi connectivity index (χ1v) is 11.5. The van der Waals surface area contributed by atoms with Gasteiger partial charge in [0.15, 0.2) is 5.13 Å². The van der Waals surface area contributed by atoms with Gasteiger partial charge in [-0.1, -0.05) is 30.3 Å². The molecule has 1 aliphatic rings. The zero-order valence-corrected chi connectivity index (χ0v) is 18.3. The molecule has 166 valence electrons. The van der Waals surface area contributed by atoms with Crippen LogP contribution < -0.4 is 10.2 Å². The van der Waals surface area contributed by atoms with E-state index in [0.29, 0.717) is 16.4 Å². The SMILES string of the molecule is O=C(CCN1C(=O)CSc2ccccc21)Nc1ncc(Cc2cccc(C(F)(F)F)c2)s1. The lowest BCUT2D eigenvalue weighted by Crippen LogP contribution is -2.37. The predicted molar refractivity (Wildman–Crippen MR) is 119 cm³/mol. The van der Waals surface area contributed by atoms with Gasteiger partial charge in [0, 0.05) is 35.4 Å². The van der Waals surface area contributed by atoms with E-state index >= 15 is 0 Å². The van der Waals surface area contributed by atoms with Crippen molar-refractivity contribution < 1.29 is 22.8 Å². The van der Waals surface area contributed by atoms with Crippen LogP contribution in [0, 0.1) is 0 Å². The van der Waals surface area contributed by atoms with Crippen molar-refractivity contribution in [2.75, 3.05) is 22.5 Å². The third-order valence-electron chi connectivity index (χ3n) is 4.80. The van der Waals surface area contributed by atoms with Gasteiger partial charge >= 0.3 is 6.18 Å². The minimum atomic E-state index is -4.39. The first-order chi connectivity index (χ1) is 15.3. The highest BCUT2D eigenvalue weighted by Gasteiger charge is 2.30. The van der Waals surface area contributed by atoms with E-state index in [-0.39, 0.29) is 31.2 Å². The summed E-state index contributed by atoms with van der Waals surface area (Å²) in [6.45, 7) is 0.255. The Bertz CT molecular complexity index is 1150. The molecule has 1 aliphatic heterocycles. The molecule has 2 amide bonds. The highest BCUT2D eigenvalue weighted by Crippen LogP contribution is 2.35. The van der Waals surface area contributed by atoms with Crippen LogP contribution in [0.25, 0.3) is 0 Å². The number of aromatic nitrogens is 1. The van der Waals surface area contributed by atoms with E-state index in [2.05, 4.69) is 10.3 Å². The van der Waals surface area contributed by atoms with E-state index < -0.39 is 11.7 Å². The number of hydrogen-bond donors (Lipinski definition) is 1. The first kappa shape index (κ1) is 22.3. The molecular weight excluding hydrogens is 459 g/mol. The van der Waals surface area contributed by atoms with E-state index in [4.69, 9.17) is 0 Å². The minimum absolute atomic E-state index is 0.0425. The molecule has 3 aromatic rings. The lowest BCUT2D eigenvalue weighted by molar-refractivity contribution is -0.137. The molecule has 0 atom stereocenters. The second-order valence-electron chi connectivity index (χ2n) is 7.11. The number of carbonyl (C=O) groups is 2. The number of nitrogens with zero attached hydrogens (tertiary/aromatic N) is 2. The van der Waals surface area contributed by atoms with Gasteiger partial charge in [-0.3, -0.25) is 9.59 Å². The zero-order chi connectivity index (χ0) is 22.7. The smallest absolute Gasteiger partial charge is 0.310 e. The fraction of sp³-hybridized carbons (Fsp3) is 0.227. The second-order valence-corrected chi connectivity index (χ2v) is 9.24. The number of nitrogens with one attached hydrogen (secondary N) is 1. The molecule has 0 saturated carbocycles. The molecule has 2 aromatic carbocycles. The van der Waals surface area contributed by atoms with E-state index in [1.54, 1.807) is 17.2 Å². The van der Waals surface area contributed by atoms with Crippen molar-refractivity contribution in [2.24, 2.45) is 0 Å². The average Bonchev–Trinajstić information content (AvgIpc) is 3.19. The summed E-state index contributed by atoms with van der Waals surface area (Å²) in [7, 11) is 0. The summed E-state index contributed by atoms with van der Waals surface area (Å²) in [6.07, 6.45) is -2.46. The van der Waals surface area contributed by atoms with Crippen molar-refractivity contribution in [1.82, 2.24) is 4.98 Å². The fourth-order valence-electron chi connectivity index (χ4n) is 3.30. The van der Waals surface area contributed by atoms with Crippen LogP contribution in [-0.2, 0) is 22.2 Å². The fourth-order valence-corrected chi connectivity index (χ4v) is 5.10. The Morgan fingerprint density at radius 2 is 1.97 bits per heavy atom. The van der Waals surface area contributed by atoms with Crippen LogP contribution in [0.15, 0.2) is 59.6 Å². The lowest BCUT2D eigenvalue weighted by Gasteiger charge is -2.28. The summed E-state index contributed by atoms with van der Waals surface area (Å²) < 4.78 is 38.7. The number of benzene rings is 2. The number of halogens is 3.